The first-order valence-corrected chi connectivity index (χ1v) is 6.08. The zero-order valence-corrected chi connectivity index (χ0v) is 10.2. The van der Waals surface area contributed by atoms with Crippen LogP contribution in [0.25, 0.3) is 0 Å². The van der Waals surface area contributed by atoms with E-state index in [1.165, 1.54) is 12.8 Å². The highest BCUT2D eigenvalue weighted by Crippen LogP contribution is 2.17. The van der Waals surface area contributed by atoms with Crippen LogP contribution in [0.1, 0.15) is 25.6 Å². The fraction of sp³-hybridized carbons (Fsp3) is 0.818. The van der Waals surface area contributed by atoms with E-state index >= 15 is 0 Å². The molecule has 1 fully saturated rings. The van der Waals surface area contributed by atoms with Crippen LogP contribution in [0.2, 0.25) is 0 Å². The number of rotatable bonds is 7. The number of nitrogens with one attached hydrogen (secondary N) is 1. The zero-order chi connectivity index (χ0) is 11.4. The van der Waals surface area contributed by atoms with E-state index in [1.807, 2.05) is 4.68 Å². The molecule has 0 radical (unpaired) electrons. The fourth-order valence-electron chi connectivity index (χ4n) is 1.74. The van der Waals surface area contributed by atoms with Gasteiger partial charge in [0.15, 0.2) is 0 Å². The Balaban J connectivity index is 1.70. The second kappa shape index (κ2) is 5.41. The van der Waals surface area contributed by atoms with Crippen LogP contribution >= 0.6 is 0 Å². The van der Waals surface area contributed by atoms with Crippen molar-refractivity contribution in [1.82, 2.24) is 25.0 Å². The number of likely N-dealkylation sites (N-methyl/N-ethyl adjacent to an activating group) is 1. The van der Waals surface area contributed by atoms with Gasteiger partial charge >= 0.3 is 0 Å². The second-order valence-electron chi connectivity index (χ2n) is 4.46. The molecule has 1 aliphatic rings. The third-order valence-electron chi connectivity index (χ3n) is 2.91. The van der Waals surface area contributed by atoms with Crippen molar-refractivity contribution in [2.24, 2.45) is 0 Å². The fourth-order valence-corrected chi connectivity index (χ4v) is 1.74. The molecule has 1 heterocycles. The van der Waals surface area contributed by atoms with Gasteiger partial charge in [0.05, 0.1) is 6.54 Å². The SMILES string of the molecule is CCn1ncnc1CN(C)CCNC1CC1. The Hall–Kier alpha value is -0.940. The van der Waals surface area contributed by atoms with Gasteiger partial charge in [0.25, 0.3) is 0 Å². The van der Waals surface area contributed by atoms with E-state index in [1.54, 1.807) is 6.33 Å². The van der Waals surface area contributed by atoms with Gasteiger partial charge in [0.2, 0.25) is 0 Å². The molecule has 0 aliphatic heterocycles. The van der Waals surface area contributed by atoms with E-state index in [0.717, 1.165) is 38.0 Å². The largest absolute Gasteiger partial charge is 0.313 e. The molecular formula is C11H21N5. The summed E-state index contributed by atoms with van der Waals surface area (Å²) in [5, 5.41) is 7.68. The van der Waals surface area contributed by atoms with Crippen LogP contribution in [-0.4, -0.2) is 45.8 Å². The molecule has 5 nitrogen and oxygen atoms in total. The maximum atomic E-state index is 4.27. The standard InChI is InChI=1S/C11H21N5/c1-3-16-11(13-9-14-16)8-15(2)7-6-12-10-4-5-10/h9-10,12H,3-8H2,1-2H3. The van der Waals surface area contributed by atoms with Crippen LogP contribution in [0, 0.1) is 0 Å². The molecule has 0 amide bonds. The smallest absolute Gasteiger partial charge is 0.140 e. The van der Waals surface area contributed by atoms with Crippen molar-refractivity contribution in [2.75, 3.05) is 20.1 Å². The minimum absolute atomic E-state index is 0.799. The Kier molecular flexibility index (Phi) is 3.90. The monoisotopic (exact) mass is 223 g/mol. The molecule has 0 aromatic carbocycles. The van der Waals surface area contributed by atoms with Crippen LogP contribution in [-0.2, 0) is 13.1 Å². The normalized spacial score (nSPS) is 15.9. The number of hydrogen-bond donors (Lipinski definition) is 1. The summed E-state index contributed by atoms with van der Waals surface area (Å²) < 4.78 is 1.95. The van der Waals surface area contributed by atoms with Crippen molar-refractivity contribution in [1.29, 1.82) is 0 Å². The average Bonchev–Trinajstić information content (AvgIpc) is 2.98. The lowest BCUT2D eigenvalue weighted by molar-refractivity contribution is 0.308. The van der Waals surface area contributed by atoms with Gasteiger partial charge in [-0.2, -0.15) is 5.10 Å². The topological polar surface area (TPSA) is 46.0 Å². The molecule has 0 spiro atoms. The predicted molar refractivity (Wildman–Crippen MR) is 63.1 cm³/mol. The van der Waals surface area contributed by atoms with Gasteiger partial charge in [-0.05, 0) is 26.8 Å². The minimum atomic E-state index is 0.799. The van der Waals surface area contributed by atoms with Gasteiger partial charge in [-0.15, -0.1) is 0 Å². The number of aromatic nitrogens is 3. The summed E-state index contributed by atoms with van der Waals surface area (Å²) in [6.07, 6.45) is 4.34. The van der Waals surface area contributed by atoms with Crippen molar-refractivity contribution in [3.8, 4) is 0 Å². The van der Waals surface area contributed by atoms with Gasteiger partial charge in [0.1, 0.15) is 12.2 Å². The molecule has 1 aromatic heterocycles. The molecule has 1 N–H and O–H groups in total. The molecular weight excluding hydrogens is 202 g/mol. The summed E-state index contributed by atoms with van der Waals surface area (Å²) in [4.78, 5) is 6.56. The van der Waals surface area contributed by atoms with Crippen molar-refractivity contribution in [2.45, 2.75) is 38.9 Å². The van der Waals surface area contributed by atoms with E-state index in [-0.39, 0.29) is 0 Å². The molecule has 0 saturated heterocycles. The van der Waals surface area contributed by atoms with Crippen molar-refractivity contribution >= 4 is 0 Å². The molecule has 90 valence electrons. The van der Waals surface area contributed by atoms with E-state index in [2.05, 4.69) is 34.3 Å². The Labute approximate surface area is 96.8 Å². The first-order chi connectivity index (χ1) is 7.79. The van der Waals surface area contributed by atoms with Crippen molar-refractivity contribution in [3.63, 3.8) is 0 Å². The molecule has 1 aromatic rings. The van der Waals surface area contributed by atoms with E-state index in [4.69, 9.17) is 0 Å². The summed E-state index contributed by atoms with van der Waals surface area (Å²) in [6.45, 7) is 5.99. The lowest BCUT2D eigenvalue weighted by atomic mass is 10.4. The molecule has 5 heteroatoms. The Morgan fingerprint density at radius 1 is 1.56 bits per heavy atom. The van der Waals surface area contributed by atoms with Crippen molar-refractivity contribution in [3.05, 3.63) is 12.2 Å². The Morgan fingerprint density at radius 2 is 2.38 bits per heavy atom. The predicted octanol–water partition coefficient (Wildman–Crippen LogP) is 0.482. The van der Waals surface area contributed by atoms with Gasteiger partial charge in [0, 0.05) is 25.7 Å². The third kappa shape index (κ3) is 3.28. The summed E-state index contributed by atoms with van der Waals surface area (Å²) in [7, 11) is 2.13. The van der Waals surface area contributed by atoms with Gasteiger partial charge in [-0.3, -0.25) is 4.90 Å². The highest BCUT2D eigenvalue weighted by molar-refractivity contribution is 4.84. The maximum Gasteiger partial charge on any atom is 0.140 e. The zero-order valence-electron chi connectivity index (χ0n) is 10.2. The quantitative estimate of drug-likeness (QED) is 0.730. The molecule has 0 unspecified atom stereocenters. The molecule has 0 atom stereocenters. The molecule has 16 heavy (non-hydrogen) atoms. The highest BCUT2D eigenvalue weighted by Gasteiger charge is 2.19. The summed E-state index contributed by atoms with van der Waals surface area (Å²) in [5.74, 6) is 1.05. The van der Waals surface area contributed by atoms with Gasteiger partial charge in [-0.25, -0.2) is 9.67 Å². The summed E-state index contributed by atoms with van der Waals surface area (Å²) >= 11 is 0. The van der Waals surface area contributed by atoms with E-state index < -0.39 is 0 Å². The average molecular weight is 223 g/mol. The highest BCUT2D eigenvalue weighted by atomic mass is 15.3. The van der Waals surface area contributed by atoms with Crippen LogP contribution in [0.3, 0.4) is 0 Å². The first-order valence-electron chi connectivity index (χ1n) is 6.08. The van der Waals surface area contributed by atoms with Crippen LogP contribution in [0.5, 0.6) is 0 Å². The van der Waals surface area contributed by atoms with Gasteiger partial charge in [-0.1, -0.05) is 0 Å². The molecule has 1 aliphatic carbocycles. The van der Waals surface area contributed by atoms with Crippen LogP contribution in [0.4, 0.5) is 0 Å². The van der Waals surface area contributed by atoms with E-state index in [0.29, 0.717) is 0 Å². The third-order valence-corrected chi connectivity index (χ3v) is 2.91. The van der Waals surface area contributed by atoms with Crippen molar-refractivity contribution < 1.29 is 0 Å². The number of aryl methyl sites for hydroxylation is 1. The van der Waals surface area contributed by atoms with Crippen LogP contribution < -0.4 is 5.32 Å². The number of hydrogen-bond acceptors (Lipinski definition) is 4. The summed E-state index contributed by atoms with van der Waals surface area (Å²) in [5.41, 5.74) is 0. The van der Waals surface area contributed by atoms with Crippen LogP contribution in [0.15, 0.2) is 6.33 Å². The number of nitrogens with zero attached hydrogens (tertiary/aromatic N) is 4. The molecule has 1 saturated carbocycles. The summed E-state index contributed by atoms with van der Waals surface area (Å²) in [6, 6.07) is 0.799. The lowest BCUT2D eigenvalue weighted by Crippen LogP contribution is -2.30. The lowest BCUT2D eigenvalue weighted by Gasteiger charge is -2.16. The van der Waals surface area contributed by atoms with Gasteiger partial charge < -0.3 is 5.32 Å². The molecule has 0 bridgehead atoms. The second-order valence-corrected chi connectivity index (χ2v) is 4.46. The van der Waals surface area contributed by atoms with E-state index in [9.17, 15) is 0 Å². The first kappa shape index (κ1) is 11.5. The molecule has 2 rings (SSSR count). The maximum absolute atomic E-state index is 4.27. The Morgan fingerprint density at radius 3 is 3.06 bits per heavy atom. The minimum Gasteiger partial charge on any atom is -0.313 e. The Bertz CT molecular complexity index is 318.